The predicted molar refractivity (Wildman–Crippen MR) is 158 cm³/mol. The Hall–Kier alpha value is -4.50. The summed E-state index contributed by atoms with van der Waals surface area (Å²) in [5, 5.41) is 11.5. The Morgan fingerprint density at radius 2 is 1.71 bits per heavy atom. The monoisotopic (exact) mass is 572 g/mol. The van der Waals surface area contributed by atoms with Crippen LogP contribution in [0.4, 0.5) is 0 Å². The molecule has 0 aromatic heterocycles. The van der Waals surface area contributed by atoms with E-state index in [0.29, 0.717) is 73.5 Å². The number of aliphatic hydroxyl groups excluding tert-OH is 1. The van der Waals surface area contributed by atoms with Gasteiger partial charge in [0.2, 0.25) is 0 Å². The number of carbonyl (C=O) groups excluding carboxylic acids is 2. The zero-order valence-electron chi connectivity index (χ0n) is 24.2. The van der Waals surface area contributed by atoms with Gasteiger partial charge in [0.1, 0.15) is 25.6 Å². The molecular formula is C33H36N2O7. The van der Waals surface area contributed by atoms with Gasteiger partial charge in [-0.3, -0.25) is 9.59 Å². The molecule has 0 saturated carbocycles. The van der Waals surface area contributed by atoms with Gasteiger partial charge in [0, 0.05) is 12.1 Å². The van der Waals surface area contributed by atoms with Crippen LogP contribution in [0.25, 0.3) is 5.76 Å². The molecule has 0 unspecified atom stereocenters. The van der Waals surface area contributed by atoms with Crippen LogP contribution in [0, 0.1) is 0 Å². The maximum absolute atomic E-state index is 13.5. The largest absolute Gasteiger partial charge is 0.507 e. The molecule has 220 valence electrons. The van der Waals surface area contributed by atoms with E-state index in [0.717, 1.165) is 12.1 Å². The van der Waals surface area contributed by atoms with Crippen LogP contribution in [0.2, 0.25) is 0 Å². The van der Waals surface area contributed by atoms with E-state index in [-0.39, 0.29) is 11.3 Å². The van der Waals surface area contributed by atoms with Crippen molar-refractivity contribution in [1.82, 2.24) is 9.80 Å². The minimum atomic E-state index is -0.817. The fourth-order valence-corrected chi connectivity index (χ4v) is 5.18. The number of Topliss-reactive ketones (excluding diaryl/α,β-unsaturated/α-hetero) is 1. The first kappa shape index (κ1) is 29.0. The van der Waals surface area contributed by atoms with Gasteiger partial charge >= 0.3 is 0 Å². The highest BCUT2D eigenvalue weighted by molar-refractivity contribution is 6.46. The topological polar surface area (TPSA) is 97.8 Å². The number of benzene rings is 3. The molecule has 1 atom stereocenters. The van der Waals surface area contributed by atoms with E-state index in [1.165, 1.54) is 4.90 Å². The molecule has 9 nitrogen and oxygen atoms in total. The number of ketones is 1. The van der Waals surface area contributed by atoms with E-state index in [2.05, 4.69) is 0 Å². The molecular weight excluding hydrogens is 536 g/mol. The van der Waals surface area contributed by atoms with Gasteiger partial charge in [0.25, 0.3) is 11.7 Å². The van der Waals surface area contributed by atoms with Crippen molar-refractivity contribution in [2.75, 3.05) is 47.0 Å². The van der Waals surface area contributed by atoms with Crippen LogP contribution in [0.1, 0.15) is 36.1 Å². The average molecular weight is 573 g/mol. The van der Waals surface area contributed by atoms with E-state index in [1.54, 1.807) is 30.3 Å². The second-order valence-electron chi connectivity index (χ2n) is 10.4. The van der Waals surface area contributed by atoms with Crippen molar-refractivity contribution in [1.29, 1.82) is 0 Å². The molecule has 1 saturated heterocycles. The van der Waals surface area contributed by atoms with Crippen molar-refractivity contribution < 1.29 is 33.6 Å². The maximum atomic E-state index is 13.5. The minimum absolute atomic E-state index is 0.0157. The minimum Gasteiger partial charge on any atom is -0.507 e. The summed E-state index contributed by atoms with van der Waals surface area (Å²) in [7, 11) is 3.91. The third-order valence-electron chi connectivity index (χ3n) is 7.18. The molecule has 3 aromatic carbocycles. The number of likely N-dealkylation sites (tertiary alicyclic amines) is 1. The molecule has 1 fully saturated rings. The quantitative estimate of drug-likeness (QED) is 0.199. The van der Waals surface area contributed by atoms with Crippen LogP contribution < -0.4 is 18.9 Å². The van der Waals surface area contributed by atoms with E-state index < -0.39 is 17.7 Å². The van der Waals surface area contributed by atoms with Crippen LogP contribution in [-0.4, -0.2) is 73.6 Å². The molecule has 1 amide bonds. The first-order valence-corrected chi connectivity index (χ1v) is 14.1. The molecule has 2 aliphatic heterocycles. The molecule has 2 aliphatic rings. The summed E-state index contributed by atoms with van der Waals surface area (Å²) >= 11 is 0. The van der Waals surface area contributed by atoms with E-state index in [9.17, 15) is 14.7 Å². The first-order chi connectivity index (χ1) is 20.4. The second-order valence-corrected chi connectivity index (χ2v) is 10.4. The summed E-state index contributed by atoms with van der Waals surface area (Å²) in [4.78, 5) is 30.5. The number of hydrogen-bond acceptors (Lipinski definition) is 8. The molecule has 0 radical (unpaired) electrons. The summed E-state index contributed by atoms with van der Waals surface area (Å²) in [6.07, 6.45) is 0.650. The lowest BCUT2D eigenvalue weighted by molar-refractivity contribution is -0.139. The summed E-state index contributed by atoms with van der Waals surface area (Å²) in [6, 6.07) is 19.4. The van der Waals surface area contributed by atoms with E-state index >= 15 is 0 Å². The average Bonchev–Trinajstić information content (AvgIpc) is 3.25. The van der Waals surface area contributed by atoms with Crippen LogP contribution >= 0.6 is 0 Å². The molecule has 0 aliphatic carbocycles. The molecule has 9 heteroatoms. The van der Waals surface area contributed by atoms with Gasteiger partial charge in [-0.2, -0.15) is 0 Å². The molecule has 5 rings (SSSR count). The highest BCUT2D eigenvalue weighted by Crippen LogP contribution is 2.43. The van der Waals surface area contributed by atoms with Gasteiger partial charge in [0.05, 0.1) is 18.2 Å². The summed E-state index contributed by atoms with van der Waals surface area (Å²) in [5.74, 6) is 0.407. The lowest BCUT2D eigenvalue weighted by Gasteiger charge is -2.27. The van der Waals surface area contributed by atoms with Gasteiger partial charge in [-0.25, -0.2) is 0 Å². The third-order valence-corrected chi connectivity index (χ3v) is 7.18. The Morgan fingerprint density at radius 3 is 2.45 bits per heavy atom. The Kier molecular flexibility index (Phi) is 8.97. The molecule has 1 N–H and O–H groups in total. The Morgan fingerprint density at radius 1 is 0.952 bits per heavy atom. The number of amides is 1. The Bertz CT molecular complexity index is 1470. The highest BCUT2D eigenvalue weighted by atomic mass is 16.6. The van der Waals surface area contributed by atoms with Crippen molar-refractivity contribution in [3.63, 3.8) is 0 Å². The third kappa shape index (κ3) is 6.21. The van der Waals surface area contributed by atoms with Crippen LogP contribution in [0.15, 0.2) is 72.3 Å². The molecule has 3 aromatic rings. The van der Waals surface area contributed by atoms with Crippen LogP contribution in [-0.2, 0) is 16.2 Å². The number of hydrogen-bond donors (Lipinski definition) is 1. The van der Waals surface area contributed by atoms with E-state index in [1.807, 2.05) is 62.3 Å². The van der Waals surface area contributed by atoms with Crippen molar-refractivity contribution in [2.24, 2.45) is 0 Å². The van der Waals surface area contributed by atoms with Gasteiger partial charge in [-0.05, 0) is 75.4 Å². The number of nitrogens with zero attached hydrogens (tertiary/aromatic N) is 2. The van der Waals surface area contributed by atoms with Gasteiger partial charge in [-0.1, -0.05) is 36.4 Å². The number of rotatable bonds is 11. The zero-order chi connectivity index (χ0) is 29.6. The Balaban J connectivity index is 1.55. The maximum Gasteiger partial charge on any atom is 0.295 e. The van der Waals surface area contributed by atoms with Gasteiger partial charge in [-0.15, -0.1) is 0 Å². The van der Waals surface area contributed by atoms with Crippen LogP contribution in [0.5, 0.6) is 23.0 Å². The van der Waals surface area contributed by atoms with Crippen molar-refractivity contribution in [2.45, 2.75) is 26.0 Å². The van der Waals surface area contributed by atoms with Gasteiger partial charge < -0.3 is 33.9 Å². The highest BCUT2D eigenvalue weighted by Gasteiger charge is 2.46. The fourth-order valence-electron chi connectivity index (χ4n) is 5.18. The normalized spacial score (nSPS) is 17.5. The molecule has 0 bridgehead atoms. The first-order valence-electron chi connectivity index (χ1n) is 14.1. The fraction of sp³-hybridized carbons (Fsp3) is 0.333. The van der Waals surface area contributed by atoms with Gasteiger partial charge in [0.15, 0.2) is 23.0 Å². The Labute approximate surface area is 245 Å². The van der Waals surface area contributed by atoms with E-state index in [4.69, 9.17) is 18.9 Å². The molecule has 42 heavy (non-hydrogen) atoms. The second kappa shape index (κ2) is 13.0. The SMILES string of the molecule is CCOc1cc([C@@H]2C(=C(O)c3ccc4c(c3)OCCO4)C(=O)C(=O)N2CCCN(C)C)ccc1OCc1ccccc1. The predicted octanol–water partition coefficient (Wildman–Crippen LogP) is 4.81. The number of carbonyl (C=O) groups is 2. The lowest BCUT2D eigenvalue weighted by Crippen LogP contribution is -2.32. The van der Waals surface area contributed by atoms with Crippen molar-refractivity contribution in [3.8, 4) is 23.0 Å². The molecule has 0 spiro atoms. The summed E-state index contributed by atoms with van der Waals surface area (Å²) < 4.78 is 23.3. The van der Waals surface area contributed by atoms with Crippen LogP contribution in [0.3, 0.4) is 0 Å². The molecule has 2 heterocycles. The number of ether oxygens (including phenoxy) is 4. The summed E-state index contributed by atoms with van der Waals surface area (Å²) in [5.41, 5.74) is 2.02. The smallest absolute Gasteiger partial charge is 0.295 e. The number of aliphatic hydroxyl groups is 1. The van der Waals surface area contributed by atoms with Crippen molar-refractivity contribution >= 4 is 17.4 Å². The number of fused-ring (bicyclic) bond motifs is 1. The zero-order valence-corrected chi connectivity index (χ0v) is 24.2. The summed E-state index contributed by atoms with van der Waals surface area (Å²) in [6.45, 7) is 4.51. The standard InChI is InChI=1S/C33H36N2O7/c1-4-39-27-19-23(11-13-26(27)42-21-22-9-6-5-7-10-22)30-29(32(37)33(38)35(30)16-8-15-34(2)3)31(36)24-12-14-25-28(20-24)41-18-17-40-25/h5-7,9-14,19-20,30,36H,4,8,15-18,21H2,1-3H3/t30-/m1/s1. The lowest BCUT2D eigenvalue weighted by atomic mass is 9.94. The van der Waals surface area contributed by atoms with Crippen molar-refractivity contribution in [3.05, 3.63) is 89.0 Å².